The molecule has 0 heterocycles. The van der Waals surface area contributed by atoms with Gasteiger partial charge in [-0.3, -0.25) is 18.2 Å². The van der Waals surface area contributed by atoms with Gasteiger partial charge in [-0.1, -0.05) is 0 Å². The van der Waals surface area contributed by atoms with E-state index in [-0.39, 0.29) is 12.1 Å². The van der Waals surface area contributed by atoms with Crippen LogP contribution in [0.5, 0.6) is 11.5 Å². The molecule has 32 heavy (non-hydrogen) atoms. The SMILES string of the molecule is Cc1c(S(=O)(=O)O)cc(S(=O)(=O)O)c(O)c1-c1c(C)c(S(=O)(=O)O)cc(S(=O)(=O)O)c1O. The van der Waals surface area contributed by atoms with E-state index in [1.54, 1.807) is 0 Å². The number of hydrogen-bond acceptors (Lipinski definition) is 10. The molecular formula is C14H14O14S4. The second kappa shape index (κ2) is 7.63. The van der Waals surface area contributed by atoms with E-state index in [4.69, 9.17) is 0 Å². The molecule has 0 aliphatic heterocycles. The molecule has 2 aromatic rings. The summed E-state index contributed by atoms with van der Waals surface area (Å²) in [6.45, 7) is 1.69. The molecule has 0 fully saturated rings. The van der Waals surface area contributed by atoms with E-state index in [0.29, 0.717) is 0 Å². The highest BCUT2D eigenvalue weighted by Gasteiger charge is 2.34. The average molecular weight is 535 g/mol. The van der Waals surface area contributed by atoms with Crippen LogP contribution in [0.15, 0.2) is 31.7 Å². The third-order valence-corrected chi connectivity index (χ3v) is 8.01. The van der Waals surface area contributed by atoms with Crippen LogP contribution in [-0.2, 0) is 40.5 Å². The second-order valence-corrected chi connectivity index (χ2v) is 11.9. The maximum absolute atomic E-state index is 11.7. The molecule has 0 aromatic heterocycles. The van der Waals surface area contributed by atoms with E-state index in [1.165, 1.54) is 0 Å². The van der Waals surface area contributed by atoms with Crippen LogP contribution in [0.25, 0.3) is 11.1 Å². The highest BCUT2D eigenvalue weighted by Crippen LogP contribution is 2.48. The van der Waals surface area contributed by atoms with Crippen molar-refractivity contribution < 1.29 is 62.1 Å². The first kappa shape index (κ1) is 25.9. The lowest BCUT2D eigenvalue weighted by Gasteiger charge is -2.20. The van der Waals surface area contributed by atoms with Crippen molar-refractivity contribution in [2.75, 3.05) is 0 Å². The third-order valence-electron chi connectivity index (χ3n) is 4.32. The maximum Gasteiger partial charge on any atom is 0.298 e. The summed E-state index contributed by atoms with van der Waals surface area (Å²) in [5.41, 5.74) is -3.58. The lowest BCUT2D eigenvalue weighted by molar-refractivity contribution is 0.433. The van der Waals surface area contributed by atoms with E-state index in [0.717, 1.165) is 13.8 Å². The molecule has 0 radical (unpaired) electrons. The average Bonchev–Trinajstić information content (AvgIpc) is 2.52. The minimum atomic E-state index is -5.41. The Kier molecular flexibility index (Phi) is 6.18. The Morgan fingerprint density at radius 2 is 0.719 bits per heavy atom. The number of hydrogen-bond donors (Lipinski definition) is 6. The van der Waals surface area contributed by atoms with Crippen LogP contribution in [-0.4, -0.2) is 62.1 Å². The smallest absolute Gasteiger partial charge is 0.298 e. The zero-order valence-electron chi connectivity index (χ0n) is 15.7. The van der Waals surface area contributed by atoms with Crippen LogP contribution >= 0.6 is 0 Å². The molecule has 0 saturated heterocycles. The first-order valence-electron chi connectivity index (χ1n) is 7.73. The molecule has 0 spiro atoms. The van der Waals surface area contributed by atoms with Gasteiger partial charge in [-0.05, 0) is 37.1 Å². The highest BCUT2D eigenvalue weighted by molar-refractivity contribution is 7.87. The number of benzene rings is 2. The number of phenols is 2. The summed E-state index contributed by atoms with van der Waals surface area (Å²) in [7, 11) is -21.4. The molecule has 0 amide bonds. The summed E-state index contributed by atoms with van der Waals surface area (Å²) in [5, 5.41) is 20.9. The van der Waals surface area contributed by atoms with Crippen molar-refractivity contribution in [2.45, 2.75) is 33.4 Å². The standard InChI is InChI=1S/C14H14O14S4/c1-5-7(29(17,18)19)3-9(31(23,24)25)13(15)11(5)12-6(2)8(30(20,21)22)4-10(14(12)16)32(26,27)28/h3-4,15-16H,1-2H3,(H,17,18,19)(H,20,21,22)(H,23,24,25)(H,26,27,28). The van der Waals surface area contributed by atoms with Gasteiger partial charge in [0.2, 0.25) is 0 Å². The van der Waals surface area contributed by atoms with Gasteiger partial charge < -0.3 is 10.2 Å². The van der Waals surface area contributed by atoms with Crippen LogP contribution in [0.4, 0.5) is 0 Å². The first-order chi connectivity index (χ1) is 14.1. The quantitative estimate of drug-likeness (QED) is 0.283. The van der Waals surface area contributed by atoms with Crippen LogP contribution in [0.2, 0.25) is 0 Å². The summed E-state index contributed by atoms with van der Waals surface area (Å²) < 4.78 is 131. The van der Waals surface area contributed by atoms with Gasteiger partial charge in [-0.25, -0.2) is 0 Å². The predicted octanol–water partition coefficient (Wildman–Crippen LogP) is 0.368. The van der Waals surface area contributed by atoms with Crippen molar-refractivity contribution in [3.8, 4) is 22.6 Å². The van der Waals surface area contributed by atoms with Gasteiger partial charge in [-0.2, -0.15) is 33.7 Å². The van der Waals surface area contributed by atoms with E-state index in [2.05, 4.69) is 0 Å². The second-order valence-electron chi connectivity index (χ2n) is 6.34. The lowest BCUT2D eigenvalue weighted by atomic mass is 9.94. The van der Waals surface area contributed by atoms with Crippen molar-refractivity contribution in [2.24, 2.45) is 0 Å². The molecule has 0 bridgehead atoms. The van der Waals surface area contributed by atoms with Gasteiger partial charge in [0.15, 0.2) is 0 Å². The molecule has 0 aliphatic carbocycles. The van der Waals surface area contributed by atoms with Gasteiger partial charge in [0.05, 0.1) is 9.79 Å². The summed E-state index contributed by atoms with van der Waals surface area (Å²) in [6.07, 6.45) is 0. The maximum atomic E-state index is 11.7. The van der Waals surface area contributed by atoms with Crippen molar-refractivity contribution in [1.82, 2.24) is 0 Å². The molecule has 178 valence electrons. The van der Waals surface area contributed by atoms with E-state index in [1.807, 2.05) is 0 Å². The summed E-state index contributed by atoms with van der Waals surface area (Å²) in [5.74, 6) is -2.96. The highest BCUT2D eigenvalue weighted by atomic mass is 32.2. The molecule has 0 saturated carbocycles. The van der Waals surface area contributed by atoms with Crippen molar-refractivity contribution in [3.63, 3.8) is 0 Å². The Labute approximate surface area is 181 Å². The van der Waals surface area contributed by atoms with Crippen LogP contribution < -0.4 is 0 Å². The van der Waals surface area contributed by atoms with Crippen molar-refractivity contribution >= 4 is 40.5 Å². The largest absolute Gasteiger partial charge is 0.506 e. The van der Waals surface area contributed by atoms with Crippen molar-refractivity contribution in [1.29, 1.82) is 0 Å². The molecule has 0 aliphatic rings. The van der Waals surface area contributed by atoms with Crippen LogP contribution in [0, 0.1) is 13.8 Å². The van der Waals surface area contributed by atoms with Crippen LogP contribution in [0.3, 0.4) is 0 Å². The molecule has 0 atom stereocenters. The zero-order chi connectivity index (χ0) is 25.2. The fourth-order valence-corrected chi connectivity index (χ4v) is 5.87. The van der Waals surface area contributed by atoms with E-state index < -0.39 is 93.8 Å². The Morgan fingerprint density at radius 3 is 0.906 bits per heavy atom. The minimum Gasteiger partial charge on any atom is -0.506 e. The molecule has 14 nitrogen and oxygen atoms in total. The van der Waals surface area contributed by atoms with Crippen molar-refractivity contribution in [3.05, 3.63) is 23.3 Å². The van der Waals surface area contributed by atoms with Crippen LogP contribution in [0.1, 0.15) is 11.1 Å². The van der Waals surface area contributed by atoms with E-state index >= 15 is 0 Å². The Balaban J connectivity index is 3.39. The van der Waals surface area contributed by atoms with Gasteiger partial charge in [0.25, 0.3) is 40.5 Å². The molecule has 6 N–H and O–H groups in total. The molecule has 18 heteroatoms. The first-order valence-corrected chi connectivity index (χ1v) is 13.5. The Morgan fingerprint density at radius 1 is 0.500 bits per heavy atom. The fraction of sp³-hybridized carbons (Fsp3) is 0.143. The number of phenolic OH excluding ortho intramolecular Hbond substituents is 2. The summed E-state index contributed by atoms with van der Waals surface area (Å²) in [6, 6.07) is 0.309. The minimum absolute atomic E-state index is 0.154. The van der Waals surface area contributed by atoms with E-state index in [9.17, 15) is 62.1 Å². The number of aromatic hydroxyl groups is 2. The third kappa shape index (κ3) is 4.57. The monoisotopic (exact) mass is 534 g/mol. The summed E-state index contributed by atoms with van der Waals surface area (Å²) >= 11 is 0. The molecule has 2 rings (SSSR count). The Bertz CT molecular complexity index is 1350. The topological polar surface area (TPSA) is 258 Å². The predicted molar refractivity (Wildman–Crippen MR) is 104 cm³/mol. The summed E-state index contributed by atoms with van der Waals surface area (Å²) in [4.78, 5) is -5.50. The zero-order valence-corrected chi connectivity index (χ0v) is 19.0. The van der Waals surface area contributed by atoms with Gasteiger partial charge >= 0.3 is 0 Å². The van der Waals surface area contributed by atoms with Gasteiger partial charge in [0.1, 0.15) is 21.3 Å². The number of rotatable bonds is 5. The normalized spacial score (nSPS) is 13.3. The molecule has 0 unspecified atom stereocenters. The Hall–Kier alpha value is -2.32. The molecular weight excluding hydrogens is 520 g/mol. The van der Waals surface area contributed by atoms with Gasteiger partial charge in [0, 0.05) is 11.1 Å². The lowest BCUT2D eigenvalue weighted by Crippen LogP contribution is -2.10. The van der Waals surface area contributed by atoms with Gasteiger partial charge in [-0.15, -0.1) is 0 Å². The fourth-order valence-electron chi connectivity index (χ4n) is 2.98. The molecule has 2 aromatic carbocycles.